The van der Waals surface area contributed by atoms with Crippen molar-refractivity contribution in [2.45, 2.75) is 45.2 Å². The fourth-order valence-electron chi connectivity index (χ4n) is 2.61. The fourth-order valence-corrected chi connectivity index (χ4v) is 2.61. The summed E-state index contributed by atoms with van der Waals surface area (Å²) in [5, 5.41) is 0. The van der Waals surface area contributed by atoms with Gasteiger partial charge in [0.05, 0.1) is 0 Å². The molecule has 1 saturated heterocycles. The highest BCUT2D eigenvalue weighted by Gasteiger charge is 2.38. The zero-order valence-corrected chi connectivity index (χ0v) is 11.7. The van der Waals surface area contributed by atoms with Crippen molar-refractivity contribution in [2.75, 3.05) is 33.7 Å². The molecule has 1 aliphatic heterocycles. The zero-order valence-electron chi connectivity index (χ0n) is 11.7. The van der Waals surface area contributed by atoms with Crippen LogP contribution in [0.3, 0.4) is 0 Å². The quantitative estimate of drug-likeness (QED) is 0.788. The van der Waals surface area contributed by atoms with Crippen LogP contribution in [0.4, 0.5) is 0 Å². The molecule has 96 valence electrons. The predicted molar refractivity (Wildman–Crippen MR) is 70.6 cm³/mol. The third-order valence-corrected chi connectivity index (χ3v) is 4.62. The SMILES string of the molecule is CC(C)C(C)N(C)C1(CN)CCN(C)CC1. The average molecular weight is 227 g/mol. The standard InChI is InChI=1S/C13H29N3/c1-11(2)12(3)16(5)13(10-14)6-8-15(4)9-7-13/h11-12H,6-10,14H2,1-5H3. The molecule has 1 aliphatic rings. The van der Waals surface area contributed by atoms with Crippen molar-refractivity contribution < 1.29 is 0 Å². The van der Waals surface area contributed by atoms with E-state index < -0.39 is 0 Å². The summed E-state index contributed by atoms with van der Waals surface area (Å²) in [6.45, 7) is 10.0. The van der Waals surface area contributed by atoms with Crippen LogP contribution in [0.1, 0.15) is 33.6 Å². The van der Waals surface area contributed by atoms with E-state index in [2.05, 4.69) is 44.7 Å². The van der Waals surface area contributed by atoms with Gasteiger partial charge in [-0.3, -0.25) is 4.90 Å². The lowest BCUT2D eigenvalue weighted by molar-refractivity contribution is 0.0143. The Morgan fingerprint density at radius 1 is 1.25 bits per heavy atom. The van der Waals surface area contributed by atoms with Crippen molar-refractivity contribution >= 4 is 0 Å². The van der Waals surface area contributed by atoms with Crippen LogP contribution in [0.2, 0.25) is 0 Å². The lowest BCUT2D eigenvalue weighted by Gasteiger charge is -2.49. The van der Waals surface area contributed by atoms with Gasteiger partial charge in [0.2, 0.25) is 0 Å². The van der Waals surface area contributed by atoms with Gasteiger partial charge in [-0.05, 0) is 52.9 Å². The predicted octanol–water partition coefficient (Wildman–Crippen LogP) is 1.39. The maximum absolute atomic E-state index is 6.06. The maximum Gasteiger partial charge on any atom is 0.0355 e. The first-order chi connectivity index (χ1) is 7.43. The van der Waals surface area contributed by atoms with E-state index in [1.165, 1.54) is 25.9 Å². The molecule has 0 bridgehead atoms. The van der Waals surface area contributed by atoms with Crippen molar-refractivity contribution in [3.63, 3.8) is 0 Å². The first kappa shape index (κ1) is 13.9. The molecule has 2 N–H and O–H groups in total. The van der Waals surface area contributed by atoms with Gasteiger partial charge < -0.3 is 10.6 Å². The molecule has 0 aromatic carbocycles. The van der Waals surface area contributed by atoms with Gasteiger partial charge in [0.15, 0.2) is 0 Å². The molecular formula is C13H29N3. The number of likely N-dealkylation sites (N-methyl/N-ethyl adjacent to an activating group) is 1. The minimum absolute atomic E-state index is 0.232. The smallest absolute Gasteiger partial charge is 0.0355 e. The van der Waals surface area contributed by atoms with E-state index in [0.717, 1.165) is 6.54 Å². The summed E-state index contributed by atoms with van der Waals surface area (Å²) >= 11 is 0. The van der Waals surface area contributed by atoms with Crippen molar-refractivity contribution in [2.24, 2.45) is 11.7 Å². The Balaban J connectivity index is 2.72. The average Bonchev–Trinajstić information content (AvgIpc) is 2.28. The van der Waals surface area contributed by atoms with E-state index in [0.29, 0.717) is 12.0 Å². The number of piperidine rings is 1. The molecule has 16 heavy (non-hydrogen) atoms. The van der Waals surface area contributed by atoms with Crippen LogP contribution in [0.15, 0.2) is 0 Å². The van der Waals surface area contributed by atoms with E-state index in [4.69, 9.17) is 5.73 Å². The highest BCUT2D eigenvalue weighted by Crippen LogP contribution is 2.29. The normalized spacial score (nSPS) is 24.0. The summed E-state index contributed by atoms with van der Waals surface area (Å²) in [5.41, 5.74) is 6.29. The van der Waals surface area contributed by atoms with Crippen LogP contribution < -0.4 is 5.73 Å². The highest BCUT2D eigenvalue weighted by atomic mass is 15.2. The molecule has 1 heterocycles. The second-order valence-corrected chi connectivity index (χ2v) is 5.83. The Morgan fingerprint density at radius 2 is 1.75 bits per heavy atom. The molecule has 0 spiro atoms. The Morgan fingerprint density at radius 3 is 2.12 bits per heavy atom. The molecule has 0 aromatic rings. The molecular weight excluding hydrogens is 198 g/mol. The van der Waals surface area contributed by atoms with Crippen LogP contribution in [0.5, 0.6) is 0 Å². The van der Waals surface area contributed by atoms with Gasteiger partial charge in [0.25, 0.3) is 0 Å². The zero-order chi connectivity index (χ0) is 12.3. The topological polar surface area (TPSA) is 32.5 Å². The van der Waals surface area contributed by atoms with Crippen LogP contribution in [-0.4, -0.2) is 55.1 Å². The van der Waals surface area contributed by atoms with Crippen molar-refractivity contribution in [1.29, 1.82) is 0 Å². The number of hydrogen-bond donors (Lipinski definition) is 1. The molecule has 1 rings (SSSR count). The van der Waals surface area contributed by atoms with Gasteiger partial charge in [-0.15, -0.1) is 0 Å². The van der Waals surface area contributed by atoms with Crippen LogP contribution in [-0.2, 0) is 0 Å². The third kappa shape index (κ3) is 2.76. The largest absolute Gasteiger partial charge is 0.329 e. The van der Waals surface area contributed by atoms with Crippen molar-refractivity contribution in [3.05, 3.63) is 0 Å². The molecule has 0 aliphatic carbocycles. The number of nitrogens with zero attached hydrogens (tertiary/aromatic N) is 2. The molecule has 1 fully saturated rings. The summed E-state index contributed by atoms with van der Waals surface area (Å²) in [6, 6.07) is 0.604. The fraction of sp³-hybridized carbons (Fsp3) is 1.00. The van der Waals surface area contributed by atoms with Gasteiger partial charge in [-0.25, -0.2) is 0 Å². The second-order valence-electron chi connectivity index (χ2n) is 5.83. The lowest BCUT2D eigenvalue weighted by Crippen LogP contribution is -2.60. The highest BCUT2D eigenvalue weighted by molar-refractivity contribution is 4.96. The molecule has 0 radical (unpaired) electrons. The van der Waals surface area contributed by atoms with E-state index in [-0.39, 0.29) is 5.54 Å². The third-order valence-electron chi connectivity index (χ3n) is 4.62. The van der Waals surface area contributed by atoms with Gasteiger partial charge in [0, 0.05) is 18.1 Å². The lowest BCUT2D eigenvalue weighted by atomic mass is 9.84. The number of rotatable bonds is 4. The Hall–Kier alpha value is -0.120. The van der Waals surface area contributed by atoms with E-state index in [1.807, 2.05) is 0 Å². The summed E-state index contributed by atoms with van der Waals surface area (Å²) < 4.78 is 0. The van der Waals surface area contributed by atoms with E-state index in [1.54, 1.807) is 0 Å². The van der Waals surface area contributed by atoms with E-state index in [9.17, 15) is 0 Å². The van der Waals surface area contributed by atoms with Gasteiger partial charge in [-0.1, -0.05) is 13.8 Å². The minimum Gasteiger partial charge on any atom is -0.329 e. The molecule has 3 nitrogen and oxygen atoms in total. The van der Waals surface area contributed by atoms with Crippen molar-refractivity contribution in [1.82, 2.24) is 9.80 Å². The summed E-state index contributed by atoms with van der Waals surface area (Å²) in [5.74, 6) is 0.688. The van der Waals surface area contributed by atoms with Gasteiger partial charge in [-0.2, -0.15) is 0 Å². The summed E-state index contributed by atoms with van der Waals surface area (Å²) in [4.78, 5) is 4.94. The Labute approximate surface area is 101 Å². The number of likely N-dealkylation sites (tertiary alicyclic amines) is 1. The Kier molecular flexibility index (Phi) is 4.77. The first-order valence-electron chi connectivity index (χ1n) is 6.54. The molecule has 0 aromatic heterocycles. The molecule has 1 unspecified atom stereocenters. The Bertz CT molecular complexity index is 207. The maximum atomic E-state index is 6.06. The second kappa shape index (κ2) is 5.48. The summed E-state index contributed by atoms with van der Waals surface area (Å²) in [6.07, 6.45) is 2.40. The number of hydrogen-bond acceptors (Lipinski definition) is 3. The first-order valence-corrected chi connectivity index (χ1v) is 6.54. The van der Waals surface area contributed by atoms with Crippen LogP contribution >= 0.6 is 0 Å². The molecule has 1 atom stereocenters. The molecule has 0 saturated carbocycles. The van der Waals surface area contributed by atoms with Crippen LogP contribution in [0.25, 0.3) is 0 Å². The number of nitrogens with two attached hydrogens (primary N) is 1. The minimum atomic E-state index is 0.232. The van der Waals surface area contributed by atoms with Crippen LogP contribution in [0, 0.1) is 5.92 Å². The van der Waals surface area contributed by atoms with Gasteiger partial charge in [0.1, 0.15) is 0 Å². The summed E-state index contributed by atoms with van der Waals surface area (Å²) in [7, 11) is 4.45. The van der Waals surface area contributed by atoms with E-state index >= 15 is 0 Å². The molecule has 0 amide bonds. The van der Waals surface area contributed by atoms with Crippen molar-refractivity contribution in [3.8, 4) is 0 Å². The molecule has 3 heteroatoms. The van der Waals surface area contributed by atoms with Gasteiger partial charge >= 0.3 is 0 Å². The monoisotopic (exact) mass is 227 g/mol.